The maximum Gasteiger partial charge on any atom is 0.414 e. The number of rotatable bonds is 2. The van der Waals surface area contributed by atoms with Gasteiger partial charge >= 0.3 is 12.2 Å². The molecule has 33 heavy (non-hydrogen) atoms. The molecule has 1 aromatic carbocycles. The molecule has 0 aromatic heterocycles. The van der Waals surface area contributed by atoms with Crippen LogP contribution in [0, 0.1) is 5.82 Å². The predicted molar refractivity (Wildman–Crippen MR) is 122 cm³/mol. The Balaban J connectivity index is 1.27. The third-order valence-corrected chi connectivity index (χ3v) is 8.20. The molecule has 5 rings (SSSR count). The zero-order chi connectivity index (χ0) is 23.3. The first-order valence-electron chi connectivity index (χ1n) is 12.2. The highest BCUT2D eigenvalue weighted by molar-refractivity contribution is 5.91. The Kier molecular flexibility index (Phi) is 5.75. The Morgan fingerprint density at radius 1 is 1.06 bits per heavy atom. The van der Waals surface area contributed by atoms with Gasteiger partial charge in [-0.2, -0.15) is 0 Å². The van der Waals surface area contributed by atoms with E-state index >= 15 is 0 Å². The normalized spacial score (nSPS) is 28.3. The molecule has 2 amide bonds. The molecule has 0 aliphatic carbocycles. The number of fused-ring (bicyclic) bond motifs is 4. The van der Waals surface area contributed by atoms with Crippen molar-refractivity contribution in [1.29, 1.82) is 0 Å². The van der Waals surface area contributed by atoms with Gasteiger partial charge in [-0.05, 0) is 89.2 Å². The molecule has 1 aromatic rings. The number of hydrogen-bond acceptors (Lipinski definition) is 5. The molecule has 2 atom stereocenters. The van der Waals surface area contributed by atoms with Crippen LogP contribution in [-0.2, 0) is 14.9 Å². The van der Waals surface area contributed by atoms with Crippen LogP contribution in [-0.4, -0.2) is 73.0 Å². The average molecular weight is 460 g/mol. The minimum atomic E-state index is -0.389. The first-order valence-corrected chi connectivity index (χ1v) is 12.2. The van der Waals surface area contributed by atoms with Crippen molar-refractivity contribution < 1.29 is 23.5 Å². The number of hydrogen-bond donors (Lipinski definition) is 0. The molecule has 2 unspecified atom stereocenters. The van der Waals surface area contributed by atoms with Crippen molar-refractivity contribution >= 4 is 17.9 Å². The van der Waals surface area contributed by atoms with E-state index in [0.717, 1.165) is 62.9 Å². The van der Waals surface area contributed by atoms with Crippen molar-refractivity contribution in [3.63, 3.8) is 0 Å². The van der Waals surface area contributed by atoms with E-state index in [0.29, 0.717) is 12.6 Å². The Hall–Kier alpha value is -2.35. The van der Waals surface area contributed by atoms with Crippen LogP contribution in [0.4, 0.5) is 19.7 Å². The molecule has 4 aliphatic heterocycles. The number of ether oxygens (including phenoxy) is 2. The smallest absolute Gasteiger partial charge is 0.414 e. The Morgan fingerprint density at radius 3 is 2.33 bits per heavy atom. The van der Waals surface area contributed by atoms with Crippen molar-refractivity contribution in [3.8, 4) is 0 Å². The molecule has 2 bridgehead atoms. The fourth-order valence-electron chi connectivity index (χ4n) is 6.67. The fraction of sp³-hybridized carbons (Fsp3) is 0.680. The number of carbonyl (C=O) groups excluding carboxylic acids is 2. The first-order chi connectivity index (χ1) is 15.8. The third-order valence-electron chi connectivity index (χ3n) is 8.20. The molecule has 0 saturated carbocycles. The second-order valence-corrected chi connectivity index (χ2v) is 10.4. The summed E-state index contributed by atoms with van der Waals surface area (Å²) < 4.78 is 24.7. The van der Waals surface area contributed by atoms with Crippen molar-refractivity contribution in [2.24, 2.45) is 0 Å². The zero-order valence-electron chi connectivity index (χ0n) is 19.8. The predicted octanol–water partition coefficient (Wildman–Crippen LogP) is 4.29. The number of methoxy groups -OCH3 is 1. The molecule has 180 valence electrons. The number of likely N-dealkylation sites (tertiary alicyclic amines) is 1. The summed E-state index contributed by atoms with van der Waals surface area (Å²) in [4.78, 5) is 31.2. The minimum Gasteiger partial charge on any atom is -0.452 e. The molecule has 7 nitrogen and oxygen atoms in total. The van der Waals surface area contributed by atoms with Crippen LogP contribution in [0.25, 0.3) is 0 Å². The van der Waals surface area contributed by atoms with Gasteiger partial charge in [-0.3, -0.25) is 4.90 Å². The lowest BCUT2D eigenvalue weighted by atomic mass is 9.73. The van der Waals surface area contributed by atoms with Gasteiger partial charge in [0.25, 0.3) is 0 Å². The van der Waals surface area contributed by atoms with Crippen molar-refractivity contribution in [2.75, 3.05) is 31.6 Å². The van der Waals surface area contributed by atoms with Gasteiger partial charge in [0.2, 0.25) is 0 Å². The number of carbonyl (C=O) groups is 2. The highest BCUT2D eigenvalue weighted by Crippen LogP contribution is 2.48. The van der Waals surface area contributed by atoms with E-state index in [2.05, 4.69) is 4.90 Å². The molecular weight excluding hydrogens is 425 g/mol. The average Bonchev–Trinajstić information content (AvgIpc) is 3.24. The monoisotopic (exact) mass is 459 g/mol. The van der Waals surface area contributed by atoms with Crippen LogP contribution in [0.1, 0.15) is 57.9 Å². The fourth-order valence-corrected chi connectivity index (χ4v) is 6.67. The Labute approximate surface area is 194 Å². The summed E-state index contributed by atoms with van der Waals surface area (Å²) in [7, 11) is 1.39. The largest absolute Gasteiger partial charge is 0.452 e. The van der Waals surface area contributed by atoms with Gasteiger partial charge in [-0.25, -0.2) is 14.0 Å². The van der Waals surface area contributed by atoms with Crippen molar-refractivity contribution in [1.82, 2.24) is 9.80 Å². The maximum atomic E-state index is 14.2. The van der Waals surface area contributed by atoms with E-state index in [1.54, 1.807) is 17.0 Å². The van der Waals surface area contributed by atoms with Gasteiger partial charge < -0.3 is 19.3 Å². The number of anilines is 1. The highest BCUT2D eigenvalue weighted by Gasteiger charge is 2.50. The molecule has 0 radical (unpaired) electrons. The summed E-state index contributed by atoms with van der Waals surface area (Å²) in [5, 5.41) is 0. The van der Waals surface area contributed by atoms with E-state index in [4.69, 9.17) is 9.47 Å². The lowest BCUT2D eigenvalue weighted by molar-refractivity contribution is 0.0175. The molecule has 0 N–H and O–H groups in total. The maximum absolute atomic E-state index is 14.2. The van der Waals surface area contributed by atoms with Crippen LogP contribution in [0.2, 0.25) is 0 Å². The van der Waals surface area contributed by atoms with E-state index in [-0.39, 0.29) is 41.6 Å². The quantitative estimate of drug-likeness (QED) is 0.660. The number of nitrogens with zero attached hydrogens (tertiary/aromatic N) is 3. The van der Waals surface area contributed by atoms with Crippen molar-refractivity contribution in [2.45, 2.75) is 82.0 Å². The summed E-state index contributed by atoms with van der Waals surface area (Å²) in [5.74, 6) is -0.264. The second kappa shape index (κ2) is 8.46. The van der Waals surface area contributed by atoms with Crippen LogP contribution in [0.3, 0.4) is 0 Å². The molecule has 4 heterocycles. The van der Waals surface area contributed by atoms with Gasteiger partial charge in [-0.15, -0.1) is 0 Å². The third kappa shape index (κ3) is 3.86. The Morgan fingerprint density at radius 2 is 1.73 bits per heavy atom. The minimum absolute atomic E-state index is 0.100. The van der Waals surface area contributed by atoms with Gasteiger partial charge in [0.05, 0.1) is 18.9 Å². The van der Waals surface area contributed by atoms with E-state index < -0.39 is 0 Å². The SMILES string of the molecule is COC(=O)N1CC2(CCN(C3CC4CCC(C3)N4C(=O)OC(C)C)CC2)c2cc(F)ccc21. The van der Waals surface area contributed by atoms with Gasteiger partial charge in [0, 0.05) is 30.1 Å². The summed E-state index contributed by atoms with van der Waals surface area (Å²) >= 11 is 0. The standard InChI is InChI=1S/C25H34FN3O4/c1-16(2)33-24(31)29-18-5-6-19(29)14-20(13-18)27-10-8-25(9-11-27)15-28(23(30)32-3)22-7-4-17(26)12-21(22)25/h4,7,12,16,18-20H,5-6,8-11,13-15H2,1-3H3. The second-order valence-electron chi connectivity index (χ2n) is 10.4. The number of amides is 2. The molecule has 8 heteroatoms. The Bertz CT molecular complexity index is 916. The summed E-state index contributed by atoms with van der Waals surface area (Å²) in [5.41, 5.74) is 1.47. The van der Waals surface area contributed by atoms with Crippen molar-refractivity contribution in [3.05, 3.63) is 29.6 Å². The molecular formula is C25H34FN3O4. The molecule has 4 aliphatic rings. The summed E-state index contributed by atoms with van der Waals surface area (Å²) in [6.07, 6.45) is 5.16. The van der Waals surface area contributed by atoms with Gasteiger partial charge in [0.1, 0.15) is 5.82 Å². The van der Waals surface area contributed by atoms with E-state index in [9.17, 15) is 14.0 Å². The summed E-state index contributed by atoms with van der Waals surface area (Å²) in [6, 6.07) is 5.68. The van der Waals surface area contributed by atoms with E-state index in [1.165, 1.54) is 13.2 Å². The number of halogens is 1. The zero-order valence-corrected chi connectivity index (χ0v) is 19.8. The number of benzene rings is 1. The van der Waals surface area contributed by atoms with Crippen LogP contribution in [0.5, 0.6) is 0 Å². The molecule has 3 fully saturated rings. The van der Waals surface area contributed by atoms with Crippen LogP contribution < -0.4 is 4.90 Å². The lowest BCUT2D eigenvalue weighted by Gasteiger charge is -2.47. The molecule has 1 spiro atoms. The van der Waals surface area contributed by atoms with Gasteiger partial charge in [-0.1, -0.05) is 0 Å². The van der Waals surface area contributed by atoms with E-state index in [1.807, 2.05) is 18.7 Å². The van der Waals surface area contributed by atoms with Crippen LogP contribution in [0.15, 0.2) is 18.2 Å². The highest BCUT2D eigenvalue weighted by atomic mass is 19.1. The number of piperidine rings is 2. The van der Waals surface area contributed by atoms with Gasteiger partial charge in [0.15, 0.2) is 0 Å². The first kappa shape index (κ1) is 22.4. The summed E-state index contributed by atoms with van der Waals surface area (Å²) in [6.45, 7) is 6.14. The topological polar surface area (TPSA) is 62.3 Å². The lowest BCUT2D eigenvalue weighted by Crippen LogP contribution is -2.55. The molecule has 3 saturated heterocycles. The van der Waals surface area contributed by atoms with Crippen LogP contribution >= 0.6 is 0 Å².